The fourth-order valence-electron chi connectivity index (χ4n) is 14.0. The van der Waals surface area contributed by atoms with Crippen molar-refractivity contribution in [2.75, 3.05) is 38.8 Å². The lowest BCUT2D eigenvalue weighted by Gasteiger charge is -2.55. The lowest BCUT2D eigenvalue weighted by Crippen LogP contribution is -2.71. The molecule has 4 aliphatic carbocycles. The lowest BCUT2D eigenvalue weighted by atomic mass is 9.68. The predicted molar refractivity (Wildman–Crippen MR) is 208 cm³/mol. The van der Waals surface area contributed by atoms with Gasteiger partial charge in [-0.15, -0.1) is 0 Å². The molecule has 302 valence electrons. The molecule has 14 heteroatoms. The van der Waals surface area contributed by atoms with Crippen LogP contribution in [0.2, 0.25) is 0 Å². The summed E-state index contributed by atoms with van der Waals surface area (Å²) in [5.41, 5.74) is 0.580. The van der Waals surface area contributed by atoms with Crippen LogP contribution in [0.5, 0.6) is 11.5 Å². The summed E-state index contributed by atoms with van der Waals surface area (Å²) in [5.74, 6) is 1.76. The highest BCUT2D eigenvalue weighted by atomic mass is 32.2. The van der Waals surface area contributed by atoms with Crippen LogP contribution in [0.25, 0.3) is 0 Å². The second-order valence-electron chi connectivity index (χ2n) is 19.3. The first-order valence-corrected chi connectivity index (χ1v) is 23.6. The highest BCUT2D eigenvalue weighted by Gasteiger charge is 2.76. The van der Waals surface area contributed by atoms with E-state index in [1.54, 1.807) is 32.6 Å². The molecule has 8 aliphatic rings. The van der Waals surface area contributed by atoms with E-state index in [0.717, 1.165) is 49.7 Å². The summed E-state index contributed by atoms with van der Waals surface area (Å²) >= 11 is 0. The van der Waals surface area contributed by atoms with Crippen molar-refractivity contribution in [2.24, 2.45) is 33.5 Å². The zero-order chi connectivity index (χ0) is 39.5. The van der Waals surface area contributed by atoms with Gasteiger partial charge in [-0.3, -0.25) is 9.59 Å². The van der Waals surface area contributed by atoms with Crippen molar-refractivity contribution in [2.45, 2.75) is 102 Å². The summed E-state index contributed by atoms with van der Waals surface area (Å²) in [6, 6.07) is 11.6. The van der Waals surface area contributed by atoms with Crippen LogP contribution < -0.4 is 9.47 Å². The number of hydrogen-bond acceptors (Lipinski definition) is 8. The molecule has 0 radical (unpaired) electrons. The third-order valence-electron chi connectivity index (χ3n) is 17.3. The van der Waals surface area contributed by atoms with Crippen molar-refractivity contribution in [3.63, 3.8) is 0 Å². The van der Waals surface area contributed by atoms with E-state index in [1.807, 2.05) is 48.5 Å². The van der Waals surface area contributed by atoms with E-state index in [-0.39, 0.29) is 70.2 Å². The van der Waals surface area contributed by atoms with E-state index in [0.29, 0.717) is 23.3 Å². The van der Waals surface area contributed by atoms with Crippen LogP contribution in [0, 0.1) is 33.5 Å². The van der Waals surface area contributed by atoms with Crippen LogP contribution in [0.4, 0.5) is 0 Å². The fraction of sp³-hybridized carbons (Fsp3) is 0.667. The molecule has 4 saturated heterocycles. The summed E-state index contributed by atoms with van der Waals surface area (Å²) in [6.45, 7) is 9.18. The molecule has 2 amide bonds. The number of sulfonamides is 2. The maximum atomic E-state index is 14.5. The van der Waals surface area contributed by atoms with Crippen molar-refractivity contribution in [1.82, 2.24) is 18.4 Å². The average molecular weight is 807 g/mol. The third kappa shape index (κ3) is 4.47. The number of methoxy groups -OCH3 is 2. The van der Waals surface area contributed by atoms with E-state index in [2.05, 4.69) is 27.7 Å². The Morgan fingerprint density at radius 1 is 0.589 bits per heavy atom. The van der Waals surface area contributed by atoms with Crippen LogP contribution in [0.1, 0.15) is 89.4 Å². The van der Waals surface area contributed by atoms with Gasteiger partial charge < -0.3 is 19.3 Å². The van der Waals surface area contributed by atoms with Gasteiger partial charge in [0.1, 0.15) is 23.6 Å². The number of benzene rings is 2. The summed E-state index contributed by atoms with van der Waals surface area (Å²) in [7, 11) is -4.30. The molecule has 0 unspecified atom stereocenters. The molecule has 10 rings (SSSR count). The molecule has 2 aromatic carbocycles. The van der Waals surface area contributed by atoms with Gasteiger partial charge in [0.05, 0.1) is 37.8 Å². The van der Waals surface area contributed by atoms with Gasteiger partial charge in [-0.1, -0.05) is 52.0 Å². The molecule has 56 heavy (non-hydrogen) atoms. The molecule has 10 atom stereocenters. The van der Waals surface area contributed by atoms with Crippen molar-refractivity contribution in [3.05, 3.63) is 59.7 Å². The SMILES string of the molecule is COc1ccc([C@H]2[C@@H](N3[C@@H]4C[C@@H]5CC[C@@]4(CS3(=O)=O)C5(C)C)C(=O)N2CCN2C(=O)[C@H](N3[C@@H]4C[C@H]5CC[C@]4(CS3(=O)=O)C5(C)C)[C@@H]2c2ccc(OC)cc2)cc1. The molecule has 12 nitrogen and oxygen atoms in total. The summed E-state index contributed by atoms with van der Waals surface area (Å²) in [6.07, 6.45) is 5.24. The molecule has 4 heterocycles. The Hall–Kier alpha value is -3.20. The Bertz CT molecular complexity index is 2070. The summed E-state index contributed by atoms with van der Waals surface area (Å²) < 4.78 is 70.9. The van der Waals surface area contributed by atoms with Gasteiger partial charge >= 0.3 is 0 Å². The summed E-state index contributed by atoms with van der Waals surface area (Å²) in [5, 5.41) is 0. The van der Waals surface area contributed by atoms with Crippen LogP contribution in [-0.2, 0) is 29.6 Å². The number of likely N-dealkylation sites (tertiary alicyclic amines) is 2. The molecule has 4 bridgehead atoms. The standard InChI is InChI=1S/C42H54N4O8S2/c1-39(2)27-15-17-41(39)23-55(49,50)45(31(41)21-27)35-33(25-7-11-29(53-5)12-8-25)43(37(35)47)19-20-44-34(26-9-13-30(54-6)14-10-26)36(38(44)48)46-32-22-28-16-18-42(32,40(28,3)4)24-56(46,51)52/h7-14,27-28,31-36H,15-24H2,1-6H3/t27-,28+,31-,32-,33+,34+,35-,36-,41-,42+/m1/s1. The van der Waals surface area contributed by atoms with Gasteiger partial charge in [-0.05, 0) is 96.6 Å². The number of ether oxygens (including phenoxy) is 2. The van der Waals surface area contributed by atoms with Crippen molar-refractivity contribution < 1.29 is 35.9 Å². The molecule has 0 N–H and O–H groups in total. The third-order valence-corrected chi connectivity index (χ3v) is 21.3. The maximum absolute atomic E-state index is 14.5. The van der Waals surface area contributed by atoms with Crippen molar-refractivity contribution >= 4 is 31.9 Å². The second-order valence-corrected chi connectivity index (χ2v) is 23.0. The largest absolute Gasteiger partial charge is 0.497 e. The lowest BCUT2D eigenvalue weighted by molar-refractivity contribution is -0.166. The number of carbonyl (C=O) groups excluding carboxylic acids is 2. The topological polar surface area (TPSA) is 134 Å². The molecule has 4 aliphatic heterocycles. The van der Waals surface area contributed by atoms with Gasteiger partial charge in [-0.2, -0.15) is 8.61 Å². The molecule has 4 saturated carbocycles. The van der Waals surface area contributed by atoms with E-state index in [1.165, 1.54) is 0 Å². The highest BCUT2D eigenvalue weighted by molar-refractivity contribution is 7.89. The Labute approximate surface area is 331 Å². The Balaban J connectivity index is 0.969. The first kappa shape index (κ1) is 37.1. The number of hydrogen-bond donors (Lipinski definition) is 0. The second kappa shape index (κ2) is 11.7. The van der Waals surface area contributed by atoms with Gasteiger partial charge in [-0.25, -0.2) is 16.8 Å². The van der Waals surface area contributed by atoms with Crippen molar-refractivity contribution in [3.8, 4) is 11.5 Å². The van der Waals surface area contributed by atoms with E-state index in [4.69, 9.17) is 9.47 Å². The zero-order valence-corrected chi connectivity index (χ0v) is 34.8. The quantitative estimate of drug-likeness (QED) is 0.337. The van der Waals surface area contributed by atoms with Crippen LogP contribution in [0.15, 0.2) is 48.5 Å². The Morgan fingerprint density at radius 3 is 1.27 bits per heavy atom. The zero-order valence-electron chi connectivity index (χ0n) is 33.2. The van der Waals surface area contributed by atoms with E-state index in [9.17, 15) is 26.4 Å². The smallest absolute Gasteiger partial charge is 0.244 e. The minimum atomic E-state index is -3.74. The summed E-state index contributed by atoms with van der Waals surface area (Å²) in [4.78, 5) is 32.5. The van der Waals surface area contributed by atoms with Gasteiger partial charge in [0.15, 0.2) is 0 Å². The van der Waals surface area contributed by atoms with Crippen molar-refractivity contribution in [1.29, 1.82) is 0 Å². The number of β-lactam (4-membered cyclic amide) rings is 2. The van der Waals surface area contributed by atoms with Crippen LogP contribution in [0.3, 0.4) is 0 Å². The van der Waals surface area contributed by atoms with Crippen LogP contribution >= 0.6 is 0 Å². The number of carbonyl (C=O) groups is 2. The molecule has 2 spiro atoms. The molecule has 2 aromatic rings. The van der Waals surface area contributed by atoms with Gasteiger partial charge in [0.25, 0.3) is 0 Å². The maximum Gasteiger partial charge on any atom is 0.244 e. The van der Waals surface area contributed by atoms with E-state index >= 15 is 0 Å². The number of fused-ring (bicyclic) bond motifs is 2. The monoisotopic (exact) mass is 806 g/mol. The van der Waals surface area contributed by atoms with Crippen LogP contribution in [-0.4, -0.2) is 110 Å². The molecule has 0 aromatic heterocycles. The average Bonchev–Trinajstić information content (AvgIpc) is 3.85. The first-order chi connectivity index (χ1) is 26.4. The highest BCUT2D eigenvalue weighted by Crippen LogP contribution is 2.72. The fourth-order valence-corrected chi connectivity index (χ4v) is 19.4. The number of nitrogens with zero attached hydrogens (tertiary/aromatic N) is 4. The molecular formula is C42H54N4O8S2. The number of rotatable bonds is 9. The number of amides is 2. The molecule has 8 fully saturated rings. The first-order valence-electron chi connectivity index (χ1n) is 20.4. The Kier molecular flexibility index (Phi) is 7.76. The normalized spacial score (nSPS) is 40.8. The Morgan fingerprint density at radius 2 is 0.946 bits per heavy atom. The minimum absolute atomic E-state index is 0.0695. The molecular weight excluding hydrogens is 753 g/mol. The predicted octanol–water partition coefficient (Wildman–Crippen LogP) is 4.59. The van der Waals surface area contributed by atoms with Gasteiger partial charge in [0, 0.05) is 36.0 Å². The van der Waals surface area contributed by atoms with Gasteiger partial charge in [0.2, 0.25) is 31.9 Å². The van der Waals surface area contributed by atoms with E-state index < -0.39 is 44.2 Å². The minimum Gasteiger partial charge on any atom is -0.497 e.